The monoisotopic (exact) mass is 480 g/mol. The van der Waals surface area contributed by atoms with Crippen molar-refractivity contribution in [1.29, 1.82) is 0 Å². The number of rotatable bonds is 8. The molecular formula is C18H33IN4OS. The Labute approximate surface area is 173 Å². The summed E-state index contributed by atoms with van der Waals surface area (Å²) in [5, 5.41) is 19.2. The van der Waals surface area contributed by atoms with Crippen LogP contribution in [0.15, 0.2) is 22.5 Å². The zero-order valence-electron chi connectivity index (χ0n) is 15.6. The van der Waals surface area contributed by atoms with E-state index in [-0.39, 0.29) is 24.0 Å². The highest BCUT2D eigenvalue weighted by atomic mass is 127. The Bertz CT molecular complexity index is 501. The van der Waals surface area contributed by atoms with Gasteiger partial charge in [-0.2, -0.15) is 0 Å². The molecule has 1 fully saturated rings. The lowest BCUT2D eigenvalue weighted by atomic mass is 10.1. The molecular weight excluding hydrogens is 447 g/mol. The molecule has 1 atom stereocenters. The van der Waals surface area contributed by atoms with E-state index in [1.54, 1.807) is 11.3 Å². The maximum Gasteiger partial charge on any atom is 0.191 e. The van der Waals surface area contributed by atoms with Gasteiger partial charge >= 0.3 is 0 Å². The van der Waals surface area contributed by atoms with E-state index in [2.05, 4.69) is 34.5 Å². The van der Waals surface area contributed by atoms with Crippen LogP contribution in [0, 0.1) is 0 Å². The van der Waals surface area contributed by atoms with Gasteiger partial charge in [-0.05, 0) is 45.2 Å². The predicted molar refractivity (Wildman–Crippen MR) is 118 cm³/mol. The third-order valence-electron chi connectivity index (χ3n) is 4.65. The molecule has 25 heavy (non-hydrogen) atoms. The fraction of sp³-hybridized carbons (Fsp3) is 0.722. The van der Waals surface area contributed by atoms with Gasteiger partial charge in [-0.25, -0.2) is 4.99 Å². The summed E-state index contributed by atoms with van der Waals surface area (Å²) in [6, 6.07) is 4.66. The van der Waals surface area contributed by atoms with Crippen molar-refractivity contribution in [2.24, 2.45) is 4.99 Å². The summed E-state index contributed by atoms with van der Waals surface area (Å²) in [4.78, 5) is 7.97. The second-order valence-corrected chi connectivity index (χ2v) is 7.74. The van der Waals surface area contributed by atoms with Gasteiger partial charge in [0.25, 0.3) is 0 Å². The van der Waals surface area contributed by atoms with Crippen LogP contribution >= 0.6 is 35.3 Å². The smallest absolute Gasteiger partial charge is 0.191 e. The highest BCUT2D eigenvalue weighted by Crippen LogP contribution is 2.25. The largest absolute Gasteiger partial charge is 0.383 e. The highest BCUT2D eigenvalue weighted by Gasteiger charge is 2.24. The minimum Gasteiger partial charge on any atom is -0.383 e. The van der Waals surface area contributed by atoms with E-state index in [0.717, 1.165) is 36.5 Å². The average Bonchev–Trinajstić information content (AvgIpc) is 3.25. The average molecular weight is 480 g/mol. The molecule has 0 spiro atoms. The third-order valence-corrected chi connectivity index (χ3v) is 5.77. The van der Waals surface area contributed by atoms with E-state index in [0.29, 0.717) is 6.54 Å². The molecule has 0 aliphatic heterocycles. The molecule has 5 nitrogen and oxygen atoms in total. The first-order chi connectivity index (χ1) is 11.5. The summed E-state index contributed by atoms with van der Waals surface area (Å²) in [6.45, 7) is 6.90. The minimum atomic E-state index is -0.919. The standard InChI is InChI=1S/C18H32N4OS.HI/c1-4-19-17(20-11-12-22(3)15-8-5-6-9-15)21-14-18(2,23)16-10-7-13-24-16;/h7,10,13,15,23H,4-6,8-9,11-12,14H2,1-3H3,(H2,19,20,21);1H. The summed E-state index contributed by atoms with van der Waals surface area (Å²) in [5.41, 5.74) is -0.919. The first-order valence-electron chi connectivity index (χ1n) is 9.01. The van der Waals surface area contributed by atoms with Crippen molar-refractivity contribution in [2.75, 3.05) is 33.2 Å². The number of nitrogens with one attached hydrogen (secondary N) is 2. The van der Waals surface area contributed by atoms with Crippen molar-refractivity contribution in [3.63, 3.8) is 0 Å². The molecule has 1 aliphatic carbocycles. The van der Waals surface area contributed by atoms with Gasteiger partial charge in [-0.3, -0.25) is 0 Å². The van der Waals surface area contributed by atoms with E-state index >= 15 is 0 Å². The summed E-state index contributed by atoms with van der Waals surface area (Å²) in [5.74, 6) is 0.772. The quantitative estimate of drug-likeness (QED) is 0.304. The van der Waals surface area contributed by atoms with Gasteiger partial charge in [0, 0.05) is 30.6 Å². The molecule has 1 aliphatic rings. The van der Waals surface area contributed by atoms with E-state index in [9.17, 15) is 5.11 Å². The normalized spacial score (nSPS) is 18.0. The number of hydrogen-bond donors (Lipinski definition) is 3. The summed E-state index contributed by atoms with van der Waals surface area (Å²) in [7, 11) is 2.21. The van der Waals surface area contributed by atoms with Crippen molar-refractivity contribution in [3.8, 4) is 0 Å². The molecule has 0 saturated heterocycles. The topological polar surface area (TPSA) is 59.9 Å². The van der Waals surface area contributed by atoms with Crippen molar-refractivity contribution < 1.29 is 5.11 Å². The van der Waals surface area contributed by atoms with Gasteiger partial charge in [0.2, 0.25) is 0 Å². The number of hydrogen-bond acceptors (Lipinski definition) is 4. The number of aliphatic imine (C=N–C) groups is 1. The molecule has 2 rings (SSSR count). The lowest BCUT2D eigenvalue weighted by molar-refractivity contribution is 0.0711. The molecule has 144 valence electrons. The van der Waals surface area contributed by atoms with E-state index in [1.807, 2.05) is 24.4 Å². The molecule has 1 aromatic heterocycles. The molecule has 1 saturated carbocycles. The van der Waals surface area contributed by atoms with Crippen LogP contribution in [-0.2, 0) is 5.60 Å². The SMILES string of the molecule is CCNC(=NCC(C)(O)c1cccs1)NCCN(C)C1CCCC1.I. The molecule has 0 bridgehead atoms. The van der Waals surface area contributed by atoms with E-state index < -0.39 is 5.60 Å². The molecule has 0 aromatic carbocycles. The molecule has 3 N–H and O–H groups in total. The van der Waals surface area contributed by atoms with Crippen LogP contribution in [0.2, 0.25) is 0 Å². The highest BCUT2D eigenvalue weighted by molar-refractivity contribution is 14.0. The molecule has 0 amide bonds. The predicted octanol–water partition coefficient (Wildman–Crippen LogP) is 3.00. The van der Waals surface area contributed by atoms with Gasteiger partial charge in [0.15, 0.2) is 5.96 Å². The number of aliphatic hydroxyl groups is 1. The Balaban J connectivity index is 0.00000312. The maximum absolute atomic E-state index is 10.6. The van der Waals surface area contributed by atoms with Crippen LogP contribution in [0.25, 0.3) is 0 Å². The van der Waals surface area contributed by atoms with Crippen LogP contribution in [0.3, 0.4) is 0 Å². The van der Waals surface area contributed by atoms with Crippen molar-refractivity contribution in [3.05, 3.63) is 22.4 Å². The van der Waals surface area contributed by atoms with Gasteiger partial charge in [-0.1, -0.05) is 18.9 Å². The van der Waals surface area contributed by atoms with Crippen LogP contribution in [-0.4, -0.2) is 55.2 Å². The second kappa shape index (κ2) is 11.4. The van der Waals surface area contributed by atoms with E-state index in [4.69, 9.17) is 0 Å². The number of likely N-dealkylation sites (N-methyl/N-ethyl adjacent to an activating group) is 1. The number of thiophene rings is 1. The first-order valence-corrected chi connectivity index (χ1v) is 9.89. The van der Waals surface area contributed by atoms with E-state index in [1.165, 1.54) is 25.7 Å². The van der Waals surface area contributed by atoms with Crippen molar-refractivity contribution in [1.82, 2.24) is 15.5 Å². The summed E-state index contributed by atoms with van der Waals surface area (Å²) < 4.78 is 0. The number of nitrogens with zero attached hydrogens (tertiary/aromatic N) is 2. The Morgan fingerprint density at radius 3 is 2.72 bits per heavy atom. The Morgan fingerprint density at radius 2 is 2.12 bits per heavy atom. The van der Waals surface area contributed by atoms with Crippen molar-refractivity contribution in [2.45, 2.75) is 51.2 Å². The third kappa shape index (κ3) is 7.40. The fourth-order valence-corrected chi connectivity index (χ4v) is 3.90. The lowest BCUT2D eigenvalue weighted by Crippen LogP contribution is -2.43. The molecule has 7 heteroatoms. The lowest BCUT2D eigenvalue weighted by Gasteiger charge is -2.25. The Hall–Kier alpha value is -0.380. The van der Waals surface area contributed by atoms with Gasteiger partial charge in [0.1, 0.15) is 5.60 Å². The zero-order valence-corrected chi connectivity index (χ0v) is 18.8. The summed E-state index contributed by atoms with van der Waals surface area (Å²) in [6.07, 6.45) is 5.39. The maximum atomic E-state index is 10.6. The zero-order chi connectivity index (χ0) is 17.4. The molecule has 0 radical (unpaired) electrons. The van der Waals surface area contributed by atoms with Crippen LogP contribution in [0.5, 0.6) is 0 Å². The number of guanidine groups is 1. The van der Waals surface area contributed by atoms with Gasteiger partial charge in [0.05, 0.1) is 6.54 Å². The van der Waals surface area contributed by atoms with Gasteiger partial charge < -0.3 is 20.6 Å². The first kappa shape index (κ1) is 22.7. The second-order valence-electron chi connectivity index (χ2n) is 6.79. The molecule has 1 aromatic rings. The van der Waals surface area contributed by atoms with Crippen molar-refractivity contribution >= 4 is 41.3 Å². The van der Waals surface area contributed by atoms with Gasteiger partial charge in [-0.15, -0.1) is 35.3 Å². The fourth-order valence-electron chi connectivity index (χ4n) is 3.12. The number of halogens is 1. The van der Waals surface area contributed by atoms with Crippen LogP contribution < -0.4 is 10.6 Å². The molecule has 1 unspecified atom stereocenters. The Morgan fingerprint density at radius 1 is 1.40 bits per heavy atom. The van der Waals surface area contributed by atoms with Crippen LogP contribution in [0.4, 0.5) is 0 Å². The van der Waals surface area contributed by atoms with Crippen LogP contribution in [0.1, 0.15) is 44.4 Å². The Kier molecular flexibility index (Phi) is 10.3. The summed E-state index contributed by atoms with van der Waals surface area (Å²) >= 11 is 1.56. The molecule has 1 heterocycles. The minimum absolute atomic E-state index is 0.